The maximum atomic E-state index is 12.1. The summed E-state index contributed by atoms with van der Waals surface area (Å²) in [5.74, 6) is 0. The smallest absolute Gasteiger partial charge is 0.282 e. The van der Waals surface area contributed by atoms with E-state index in [9.17, 15) is 8.42 Å². The molecule has 0 saturated carbocycles. The molecule has 1 rings (SSSR count). The van der Waals surface area contributed by atoms with E-state index in [4.69, 9.17) is 5.73 Å². The first-order chi connectivity index (χ1) is 7.00. The van der Waals surface area contributed by atoms with Crippen molar-refractivity contribution in [2.45, 2.75) is 32.2 Å². The standard InChI is InChI=1S/C9H21N3O2S.ClH/c1-9(8-10)11(2)15(13,14)12-6-4-3-5-7-12;/h9H,3-8,10H2,1-2H3;1H. The Morgan fingerprint density at radius 2 is 1.81 bits per heavy atom. The number of hydrogen-bond donors (Lipinski definition) is 1. The van der Waals surface area contributed by atoms with Crippen LogP contribution in [0.4, 0.5) is 0 Å². The number of piperidine rings is 1. The van der Waals surface area contributed by atoms with Crippen molar-refractivity contribution in [2.75, 3.05) is 26.7 Å². The Balaban J connectivity index is 0.00000225. The molecule has 2 N–H and O–H groups in total. The number of hydrogen-bond acceptors (Lipinski definition) is 3. The van der Waals surface area contributed by atoms with Crippen molar-refractivity contribution in [2.24, 2.45) is 5.73 Å². The van der Waals surface area contributed by atoms with Gasteiger partial charge in [0.2, 0.25) is 0 Å². The molecule has 1 atom stereocenters. The number of halogens is 1. The van der Waals surface area contributed by atoms with Gasteiger partial charge in [0.05, 0.1) is 0 Å². The molecule has 0 aromatic heterocycles. The molecule has 0 aromatic rings. The van der Waals surface area contributed by atoms with Crippen LogP contribution in [0.5, 0.6) is 0 Å². The van der Waals surface area contributed by atoms with Gasteiger partial charge in [-0.3, -0.25) is 0 Å². The van der Waals surface area contributed by atoms with Crippen molar-refractivity contribution in [3.63, 3.8) is 0 Å². The Morgan fingerprint density at radius 1 is 1.31 bits per heavy atom. The van der Waals surface area contributed by atoms with Gasteiger partial charge in [0, 0.05) is 32.7 Å². The fourth-order valence-corrected chi connectivity index (χ4v) is 3.28. The summed E-state index contributed by atoms with van der Waals surface area (Å²) < 4.78 is 27.1. The number of nitrogens with two attached hydrogens (primary N) is 1. The lowest BCUT2D eigenvalue weighted by Gasteiger charge is -2.32. The molecule has 1 saturated heterocycles. The van der Waals surface area contributed by atoms with E-state index in [1.165, 1.54) is 4.31 Å². The van der Waals surface area contributed by atoms with Crippen LogP contribution in [0, 0.1) is 0 Å². The van der Waals surface area contributed by atoms with Crippen LogP contribution in [-0.2, 0) is 10.2 Å². The van der Waals surface area contributed by atoms with Gasteiger partial charge in [-0.25, -0.2) is 0 Å². The lowest BCUT2D eigenvalue weighted by atomic mass is 10.2. The van der Waals surface area contributed by atoms with Crippen molar-refractivity contribution in [1.82, 2.24) is 8.61 Å². The fraction of sp³-hybridized carbons (Fsp3) is 1.00. The summed E-state index contributed by atoms with van der Waals surface area (Å²) in [4.78, 5) is 0. The van der Waals surface area contributed by atoms with E-state index in [0.29, 0.717) is 19.6 Å². The molecule has 5 nitrogen and oxygen atoms in total. The summed E-state index contributed by atoms with van der Waals surface area (Å²) in [6.07, 6.45) is 3.05. The van der Waals surface area contributed by atoms with Crippen molar-refractivity contribution >= 4 is 22.6 Å². The van der Waals surface area contributed by atoms with Crippen LogP contribution >= 0.6 is 12.4 Å². The summed E-state index contributed by atoms with van der Waals surface area (Å²) in [6.45, 7) is 3.46. The van der Waals surface area contributed by atoms with Gasteiger partial charge < -0.3 is 5.73 Å². The first kappa shape index (κ1) is 16.1. The van der Waals surface area contributed by atoms with Crippen LogP contribution in [0.15, 0.2) is 0 Å². The van der Waals surface area contributed by atoms with E-state index in [0.717, 1.165) is 19.3 Å². The Morgan fingerprint density at radius 3 is 2.25 bits per heavy atom. The van der Waals surface area contributed by atoms with Gasteiger partial charge in [-0.05, 0) is 19.8 Å². The highest BCUT2D eigenvalue weighted by molar-refractivity contribution is 7.86. The van der Waals surface area contributed by atoms with Crippen molar-refractivity contribution in [3.05, 3.63) is 0 Å². The zero-order valence-corrected chi connectivity index (χ0v) is 11.6. The Hall–Kier alpha value is 0.120. The first-order valence-corrected chi connectivity index (χ1v) is 6.83. The highest BCUT2D eigenvalue weighted by Crippen LogP contribution is 2.16. The molecule has 1 aliphatic rings. The van der Waals surface area contributed by atoms with Crippen LogP contribution < -0.4 is 5.73 Å². The molecule has 16 heavy (non-hydrogen) atoms. The minimum atomic E-state index is -3.29. The quantitative estimate of drug-likeness (QED) is 0.806. The third-order valence-corrected chi connectivity index (χ3v) is 5.07. The van der Waals surface area contributed by atoms with Crippen molar-refractivity contribution in [3.8, 4) is 0 Å². The maximum absolute atomic E-state index is 12.1. The van der Waals surface area contributed by atoms with Crippen molar-refractivity contribution in [1.29, 1.82) is 0 Å². The van der Waals surface area contributed by atoms with Gasteiger partial charge in [-0.15, -0.1) is 12.4 Å². The Bertz CT molecular complexity index is 283. The maximum Gasteiger partial charge on any atom is 0.282 e. The molecule has 98 valence electrons. The monoisotopic (exact) mass is 271 g/mol. The summed E-state index contributed by atoms with van der Waals surface area (Å²) in [5.41, 5.74) is 5.47. The normalized spacial score (nSPS) is 20.5. The summed E-state index contributed by atoms with van der Waals surface area (Å²) >= 11 is 0. The molecule has 1 aliphatic heterocycles. The second-order valence-electron chi connectivity index (χ2n) is 4.07. The van der Waals surface area contributed by atoms with Gasteiger partial charge in [-0.2, -0.15) is 17.0 Å². The zero-order valence-electron chi connectivity index (χ0n) is 9.92. The van der Waals surface area contributed by atoms with Crippen LogP contribution in [0.1, 0.15) is 26.2 Å². The molecule has 0 radical (unpaired) electrons. The highest BCUT2D eigenvalue weighted by Gasteiger charge is 2.30. The molecule has 1 unspecified atom stereocenters. The van der Waals surface area contributed by atoms with E-state index in [1.54, 1.807) is 11.4 Å². The highest BCUT2D eigenvalue weighted by atomic mass is 35.5. The van der Waals surface area contributed by atoms with E-state index < -0.39 is 10.2 Å². The summed E-state index contributed by atoms with van der Waals surface area (Å²) in [6, 6.07) is -0.142. The van der Waals surface area contributed by atoms with Crippen LogP contribution in [0.3, 0.4) is 0 Å². The predicted octanol–water partition coefficient (Wildman–Crippen LogP) is 0.418. The van der Waals surface area contributed by atoms with E-state index >= 15 is 0 Å². The summed E-state index contributed by atoms with van der Waals surface area (Å²) in [5, 5.41) is 0. The molecular weight excluding hydrogens is 250 g/mol. The molecule has 0 bridgehead atoms. The minimum absolute atomic E-state index is 0. The molecule has 0 aromatic carbocycles. The average molecular weight is 272 g/mol. The SMILES string of the molecule is CC(CN)N(C)S(=O)(=O)N1CCCCC1.Cl. The predicted molar refractivity (Wildman–Crippen MR) is 67.9 cm³/mol. The minimum Gasteiger partial charge on any atom is -0.329 e. The van der Waals surface area contributed by atoms with E-state index in [-0.39, 0.29) is 18.4 Å². The largest absolute Gasteiger partial charge is 0.329 e. The second kappa shape index (κ2) is 6.76. The Labute approximate surface area is 105 Å². The lowest BCUT2D eigenvalue weighted by molar-refractivity contribution is 0.298. The lowest BCUT2D eigenvalue weighted by Crippen LogP contribution is -2.49. The van der Waals surface area contributed by atoms with E-state index in [2.05, 4.69) is 0 Å². The third kappa shape index (κ3) is 3.56. The molecule has 0 spiro atoms. The van der Waals surface area contributed by atoms with Gasteiger partial charge in [0.1, 0.15) is 0 Å². The van der Waals surface area contributed by atoms with Crippen molar-refractivity contribution < 1.29 is 8.42 Å². The van der Waals surface area contributed by atoms with Gasteiger partial charge in [0.15, 0.2) is 0 Å². The molecule has 1 fully saturated rings. The van der Waals surface area contributed by atoms with Crippen LogP contribution in [-0.4, -0.2) is 49.8 Å². The number of rotatable bonds is 4. The van der Waals surface area contributed by atoms with Gasteiger partial charge in [0.25, 0.3) is 10.2 Å². The summed E-state index contributed by atoms with van der Waals surface area (Å²) in [7, 11) is -1.69. The Kier molecular flexibility index (Phi) is 6.81. The van der Waals surface area contributed by atoms with Gasteiger partial charge in [-0.1, -0.05) is 6.42 Å². The zero-order chi connectivity index (χ0) is 11.5. The topological polar surface area (TPSA) is 66.6 Å². The molecule has 7 heteroatoms. The van der Waals surface area contributed by atoms with E-state index in [1.807, 2.05) is 6.92 Å². The molecule has 1 heterocycles. The number of nitrogens with zero attached hydrogens (tertiary/aromatic N) is 2. The second-order valence-corrected chi connectivity index (χ2v) is 6.06. The molecular formula is C9H22ClN3O2S. The first-order valence-electron chi connectivity index (χ1n) is 5.43. The molecule has 0 amide bonds. The van der Waals surface area contributed by atoms with Crippen LogP contribution in [0.25, 0.3) is 0 Å². The molecule has 0 aliphatic carbocycles. The van der Waals surface area contributed by atoms with Crippen LogP contribution in [0.2, 0.25) is 0 Å². The average Bonchev–Trinajstić information content (AvgIpc) is 2.28. The third-order valence-electron chi connectivity index (χ3n) is 2.97. The van der Waals surface area contributed by atoms with Gasteiger partial charge >= 0.3 is 0 Å². The fourth-order valence-electron chi connectivity index (χ4n) is 1.65. The number of likely N-dealkylation sites (N-methyl/N-ethyl adjacent to an activating group) is 1.